The Labute approximate surface area is 178 Å². The molecule has 1 fully saturated rings. The maximum atomic E-state index is 12.8. The van der Waals surface area contributed by atoms with Crippen molar-refractivity contribution in [3.8, 4) is 5.75 Å². The number of ether oxygens (including phenoxy) is 1. The smallest absolute Gasteiger partial charge is 0.289 e. The number of carbonyl (C=O) groups is 1. The molecular weight excluding hydrogens is 396 g/mol. The molecule has 1 aliphatic rings. The SMILES string of the molecule is O=C(c1ccc(COc2ccccc2)o1)N1CCC(c2nc3ccccc3s2)CC1. The van der Waals surface area contributed by atoms with Crippen LogP contribution in [0.25, 0.3) is 10.2 Å². The lowest BCUT2D eigenvalue weighted by molar-refractivity contribution is 0.0676. The first-order valence-corrected chi connectivity index (χ1v) is 11.0. The molecule has 0 bridgehead atoms. The number of nitrogens with zero attached hydrogens (tertiary/aromatic N) is 2. The lowest BCUT2D eigenvalue weighted by atomic mass is 9.97. The van der Waals surface area contributed by atoms with Crippen molar-refractivity contribution in [1.82, 2.24) is 9.88 Å². The number of rotatable bonds is 5. The van der Waals surface area contributed by atoms with Gasteiger partial charge in [0.05, 0.1) is 15.2 Å². The summed E-state index contributed by atoms with van der Waals surface area (Å²) in [5, 5.41) is 1.18. The maximum Gasteiger partial charge on any atom is 0.289 e. The molecule has 0 radical (unpaired) electrons. The quantitative estimate of drug-likeness (QED) is 0.430. The Kier molecular flexibility index (Phi) is 5.24. The van der Waals surface area contributed by atoms with E-state index in [9.17, 15) is 4.79 Å². The monoisotopic (exact) mass is 418 g/mol. The molecular formula is C24H22N2O3S. The van der Waals surface area contributed by atoms with Gasteiger partial charge in [-0.3, -0.25) is 4.79 Å². The molecule has 2 aromatic heterocycles. The largest absolute Gasteiger partial charge is 0.486 e. The number of furan rings is 1. The zero-order valence-corrected chi connectivity index (χ0v) is 17.3. The fourth-order valence-corrected chi connectivity index (χ4v) is 4.93. The van der Waals surface area contributed by atoms with E-state index in [0.29, 0.717) is 24.0 Å². The average Bonchev–Trinajstić information content (AvgIpc) is 3.45. The van der Waals surface area contributed by atoms with E-state index in [0.717, 1.165) is 37.2 Å². The summed E-state index contributed by atoms with van der Waals surface area (Å²) >= 11 is 1.77. The molecule has 0 aliphatic carbocycles. The highest BCUT2D eigenvalue weighted by Gasteiger charge is 2.27. The molecule has 1 saturated heterocycles. The third kappa shape index (κ3) is 3.96. The topological polar surface area (TPSA) is 55.6 Å². The minimum Gasteiger partial charge on any atom is -0.486 e. The number of fused-ring (bicyclic) bond motifs is 1. The van der Waals surface area contributed by atoms with Crippen LogP contribution in [0.2, 0.25) is 0 Å². The third-order valence-electron chi connectivity index (χ3n) is 5.44. The number of carbonyl (C=O) groups excluding carboxylic acids is 1. The van der Waals surface area contributed by atoms with Gasteiger partial charge in [-0.25, -0.2) is 4.98 Å². The fourth-order valence-electron chi connectivity index (χ4n) is 3.79. The molecule has 3 heterocycles. The van der Waals surface area contributed by atoms with Crippen LogP contribution in [0.4, 0.5) is 0 Å². The van der Waals surface area contributed by atoms with Gasteiger partial charge in [0.1, 0.15) is 18.1 Å². The van der Waals surface area contributed by atoms with Gasteiger partial charge in [0.2, 0.25) is 0 Å². The second-order valence-electron chi connectivity index (χ2n) is 7.45. The first-order chi connectivity index (χ1) is 14.8. The van der Waals surface area contributed by atoms with Crippen LogP contribution in [-0.4, -0.2) is 28.9 Å². The van der Waals surface area contributed by atoms with Crippen LogP contribution < -0.4 is 4.74 Å². The third-order valence-corrected chi connectivity index (χ3v) is 6.64. The van der Waals surface area contributed by atoms with Gasteiger partial charge in [-0.2, -0.15) is 0 Å². The second kappa shape index (κ2) is 8.32. The number of likely N-dealkylation sites (tertiary alicyclic amines) is 1. The molecule has 6 heteroatoms. The highest BCUT2D eigenvalue weighted by molar-refractivity contribution is 7.18. The van der Waals surface area contributed by atoms with E-state index in [2.05, 4.69) is 12.1 Å². The Bertz CT molecular complexity index is 1110. The molecule has 5 nitrogen and oxygen atoms in total. The first-order valence-electron chi connectivity index (χ1n) is 10.2. The number of aromatic nitrogens is 1. The average molecular weight is 419 g/mol. The highest BCUT2D eigenvalue weighted by atomic mass is 32.1. The predicted octanol–water partition coefficient (Wildman–Crippen LogP) is 5.49. The van der Waals surface area contributed by atoms with E-state index >= 15 is 0 Å². The molecule has 152 valence electrons. The molecule has 0 N–H and O–H groups in total. The van der Waals surface area contributed by atoms with Crippen molar-refractivity contribution in [1.29, 1.82) is 0 Å². The van der Waals surface area contributed by atoms with Gasteiger partial charge in [-0.15, -0.1) is 11.3 Å². The van der Waals surface area contributed by atoms with Crippen molar-refractivity contribution < 1.29 is 13.9 Å². The van der Waals surface area contributed by atoms with Crippen molar-refractivity contribution in [2.45, 2.75) is 25.4 Å². The first kappa shape index (κ1) is 18.9. The Balaban J connectivity index is 1.18. The van der Waals surface area contributed by atoms with Crippen LogP contribution in [0.5, 0.6) is 5.75 Å². The summed E-state index contributed by atoms with van der Waals surface area (Å²) in [5.74, 6) is 2.16. The standard InChI is InChI=1S/C24H22N2O3S/c27-24(21-11-10-19(29-21)16-28-18-6-2-1-3-7-18)26-14-12-17(13-15-26)23-25-20-8-4-5-9-22(20)30-23/h1-11,17H,12-16H2. The van der Waals surface area contributed by atoms with Crippen LogP contribution in [-0.2, 0) is 6.61 Å². The lowest BCUT2D eigenvalue weighted by Gasteiger charge is -2.30. The number of hydrogen-bond acceptors (Lipinski definition) is 5. The van der Waals surface area contributed by atoms with Crippen LogP contribution in [0.15, 0.2) is 71.1 Å². The molecule has 0 spiro atoms. The Hall–Kier alpha value is -3.12. The number of amides is 1. The van der Waals surface area contributed by atoms with E-state index in [1.807, 2.05) is 53.4 Å². The van der Waals surface area contributed by atoms with Crippen molar-refractivity contribution in [3.63, 3.8) is 0 Å². The van der Waals surface area contributed by atoms with E-state index in [1.54, 1.807) is 17.4 Å². The number of piperidine rings is 1. The zero-order chi connectivity index (χ0) is 20.3. The van der Waals surface area contributed by atoms with Crippen molar-refractivity contribution in [2.75, 3.05) is 13.1 Å². The van der Waals surface area contributed by atoms with Gasteiger partial charge in [0.15, 0.2) is 5.76 Å². The van der Waals surface area contributed by atoms with Crippen molar-refractivity contribution in [2.24, 2.45) is 0 Å². The van der Waals surface area contributed by atoms with Gasteiger partial charge < -0.3 is 14.1 Å². The molecule has 0 saturated carbocycles. The number of benzene rings is 2. The second-order valence-corrected chi connectivity index (χ2v) is 8.52. The molecule has 4 aromatic rings. The molecule has 0 unspecified atom stereocenters. The molecule has 30 heavy (non-hydrogen) atoms. The molecule has 5 rings (SSSR count). The van der Waals surface area contributed by atoms with Gasteiger partial charge in [0.25, 0.3) is 5.91 Å². The van der Waals surface area contributed by atoms with Crippen molar-refractivity contribution >= 4 is 27.5 Å². The van der Waals surface area contributed by atoms with E-state index < -0.39 is 0 Å². The van der Waals surface area contributed by atoms with E-state index in [4.69, 9.17) is 14.1 Å². The molecule has 2 aromatic carbocycles. The van der Waals surface area contributed by atoms with Gasteiger partial charge in [-0.1, -0.05) is 30.3 Å². The van der Waals surface area contributed by atoms with E-state index in [-0.39, 0.29) is 5.91 Å². The van der Waals surface area contributed by atoms with Crippen LogP contribution >= 0.6 is 11.3 Å². The van der Waals surface area contributed by atoms with E-state index in [1.165, 1.54) is 9.71 Å². The van der Waals surface area contributed by atoms with Crippen LogP contribution in [0.1, 0.15) is 40.1 Å². The zero-order valence-electron chi connectivity index (χ0n) is 16.5. The normalized spacial score (nSPS) is 14.9. The van der Waals surface area contributed by atoms with Crippen LogP contribution in [0.3, 0.4) is 0 Å². The summed E-state index contributed by atoms with van der Waals surface area (Å²) in [7, 11) is 0. The lowest BCUT2D eigenvalue weighted by Crippen LogP contribution is -2.37. The minimum absolute atomic E-state index is 0.0521. The molecule has 0 atom stereocenters. The Morgan fingerprint density at radius 3 is 2.60 bits per heavy atom. The van der Waals surface area contributed by atoms with Gasteiger partial charge >= 0.3 is 0 Å². The number of thiazole rings is 1. The predicted molar refractivity (Wildman–Crippen MR) is 117 cm³/mol. The van der Waals surface area contributed by atoms with Crippen LogP contribution in [0, 0.1) is 0 Å². The maximum absolute atomic E-state index is 12.8. The summed E-state index contributed by atoms with van der Waals surface area (Å²) in [5.41, 5.74) is 1.07. The fraction of sp³-hybridized carbons (Fsp3) is 0.250. The summed E-state index contributed by atoms with van der Waals surface area (Å²) in [4.78, 5) is 19.5. The highest BCUT2D eigenvalue weighted by Crippen LogP contribution is 2.34. The summed E-state index contributed by atoms with van der Waals surface area (Å²) < 4.78 is 12.7. The summed E-state index contributed by atoms with van der Waals surface area (Å²) in [6.07, 6.45) is 1.85. The summed E-state index contributed by atoms with van der Waals surface area (Å²) in [6.45, 7) is 1.74. The van der Waals surface area contributed by atoms with Crippen molar-refractivity contribution in [3.05, 3.63) is 83.3 Å². The molecule has 1 amide bonds. The minimum atomic E-state index is -0.0521. The Morgan fingerprint density at radius 2 is 1.80 bits per heavy atom. The summed E-state index contributed by atoms with van der Waals surface area (Å²) in [6, 6.07) is 21.4. The Morgan fingerprint density at radius 1 is 1.03 bits per heavy atom. The van der Waals surface area contributed by atoms with Gasteiger partial charge in [0, 0.05) is 19.0 Å². The number of hydrogen-bond donors (Lipinski definition) is 0. The molecule has 1 aliphatic heterocycles. The van der Waals surface area contributed by atoms with Gasteiger partial charge in [-0.05, 0) is 49.2 Å². The number of para-hydroxylation sites is 2.